The first-order valence-corrected chi connectivity index (χ1v) is 6.65. The maximum atomic E-state index is 12.1. The number of hydrogen-bond acceptors (Lipinski definition) is 4. The summed E-state index contributed by atoms with van der Waals surface area (Å²) in [5.74, 6) is 0.472. The van der Waals surface area contributed by atoms with E-state index in [2.05, 4.69) is 21.1 Å². The highest BCUT2D eigenvalue weighted by molar-refractivity contribution is 9.11. The van der Waals surface area contributed by atoms with E-state index in [-0.39, 0.29) is 5.91 Å². The van der Waals surface area contributed by atoms with Gasteiger partial charge in [-0.05, 0) is 39.9 Å². The zero-order valence-corrected chi connectivity index (χ0v) is 11.8. The van der Waals surface area contributed by atoms with Crippen LogP contribution in [-0.4, -0.2) is 23.0 Å². The summed E-state index contributed by atoms with van der Waals surface area (Å²) >= 11 is 5.01. The normalized spacial score (nSPS) is 10.5. The molecule has 4 nitrogen and oxygen atoms in total. The molecule has 0 saturated heterocycles. The molecule has 17 heavy (non-hydrogen) atoms. The van der Waals surface area contributed by atoms with Gasteiger partial charge in [-0.15, -0.1) is 11.3 Å². The molecular formula is C11H11BrN2O2S. The van der Waals surface area contributed by atoms with Crippen molar-refractivity contribution in [2.75, 3.05) is 7.05 Å². The highest BCUT2D eigenvalue weighted by Gasteiger charge is 2.17. The van der Waals surface area contributed by atoms with Gasteiger partial charge >= 0.3 is 0 Å². The number of thiophene rings is 1. The van der Waals surface area contributed by atoms with Crippen molar-refractivity contribution in [3.05, 3.63) is 38.3 Å². The number of rotatable bonds is 3. The van der Waals surface area contributed by atoms with Gasteiger partial charge in [-0.2, -0.15) is 0 Å². The number of aromatic nitrogens is 1. The van der Waals surface area contributed by atoms with Crippen LogP contribution in [0.5, 0.6) is 0 Å². The molecule has 2 aromatic heterocycles. The molecule has 0 fully saturated rings. The van der Waals surface area contributed by atoms with Crippen molar-refractivity contribution in [2.45, 2.75) is 13.5 Å². The summed E-state index contributed by atoms with van der Waals surface area (Å²) in [6.07, 6.45) is 1.46. The zero-order valence-electron chi connectivity index (χ0n) is 9.44. The molecule has 0 aliphatic heterocycles. The Labute approximate surface area is 111 Å². The van der Waals surface area contributed by atoms with E-state index in [1.54, 1.807) is 30.2 Å². The van der Waals surface area contributed by atoms with Gasteiger partial charge in [0.1, 0.15) is 11.3 Å². The van der Waals surface area contributed by atoms with Crippen LogP contribution in [0.25, 0.3) is 0 Å². The number of carbonyl (C=O) groups is 1. The van der Waals surface area contributed by atoms with Gasteiger partial charge in [0.15, 0.2) is 0 Å². The van der Waals surface area contributed by atoms with Crippen LogP contribution in [0, 0.1) is 6.92 Å². The van der Waals surface area contributed by atoms with Crippen LogP contribution in [-0.2, 0) is 6.54 Å². The number of hydrogen-bond donors (Lipinski definition) is 0. The predicted octanol–water partition coefficient (Wildman–Crippen LogP) is 3.08. The number of nitrogens with zero attached hydrogens (tertiary/aromatic N) is 2. The Balaban J connectivity index is 2.08. The average molecular weight is 315 g/mol. The molecule has 0 radical (unpaired) electrons. The van der Waals surface area contributed by atoms with Gasteiger partial charge in [0.05, 0.1) is 9.98 Å². The smallest absolute Gasteiger partial charge is 0.259 e. The second-order valence-corrected chi connectivity index (χ2v) is 6.01. The second-order valence-electron chi connectivity index (χ2n) is 3.72. The van der Waals surface area contributed by atoms with Crippen molar-refractivity contribution < 1.29 is 9.32 Å². The molecule has 90 valence electrons. The first kappa shape index (κ1) is 12.3. The molecule has 0 bridgehead atoms. The fourth-order valence-corrected chi connectivity index (χ4v) is 2.68. The van der Waals surface area contributed by atoms with Gasteiger partial charge < -0.3 is 9.42 Å². The Morgan fingerprint density at radius 3 is 2.94 bits per heavy atom. The van der Waals surface area contributed by atoms with Crippen LogP contribution in [0.3, 0.4) is 0 Å². The molecular weight excluding hydrogens is 304 g/mol. The van der Waals surface area contributed by atoms with E-state index >= 15 is 0 Å². The molecule has 0 spiro atoms. The molecule has 0 aliphatic carbocycles. The standard InChI is InChI=1S/C11H11BrN2O2S/c1-7-9(4-13-16-7)11(15)14(2)5-8-3-10(12)17-6-8/h3-4,6H,5H2,1-2H3. The van der Waals surface area contributed by atoms with Crippen molar-refractivity contribution in [1.29, 1.82) is 0 Å². The fourth-order valence-electron chi connectivity index (χ4n) is 1.48. The first-order chi connectivity index (χ1) is 8.08. The van der Waals surface area contributed by atoms with E-state index in [4.69, 9.17) is 4.52 Å². The Bertz CT molecular complexity index is 535. The van der Waals surface area contributed by atoms with E-state index in [0.717, 1.165) is 9.35 Å². The minimum atomic E-state index is -0.0777. The van der Waals surface area contributed by atoms with Crippen molar-refractivity contribution in [3.63, 3.8) is 0 Å². The summed E-state index contributed by atoms with van der Waals surface area (Å²) in [4.78, 5) is 13.7. The first-order valence-electron chi connectivity index (χ1n) is 4.97. The third-order valence-corrected chi connectivity index (χ3v) is 3.92. The maximum Gasteiger partial charge on any atom is 0.259 e. The highest BCUT2D eigenvalue weighted by Crippen LogP contribution is 2.22. The number of amides is 1. The van der Waals surface area contributed by atoms with Crippen LogP contribution in [0.15, 0.2) is 26.0 Å². The molecule has 2 rings (SSSR count). The van der Waals surface area contributed by atoms with E-state index in [1.165, 1.54) is 6.20 Å². The summed E-state index contributed by atoms with van der Waals surface area (Å²) in [5.41, 5.74) is 1.62. The lowest BCUT2D eigenvalue weighted by atomic mass is 10.2. The Morgan fingerprint density at radius 1 is 1.65 bits per heavy atom. The lowest BCUT2D eigenvalue weighted by Gasteiger charge is -2.15. The third-order valence-electron chi connectivity index (χ3n) is 2.37. The lowest BCUT2D eigenvalue weighted by molar-refractivity contribution is 0.0783. The van der Waals surface area contributed by atoms with Gasteiger partial charge in [-0.3, -0.25) is 4.79 Å². The van der Waals surface area contributed by atoms with Gasteiger partial charge in [0.2, 0.25) is 0 Å². The predicted molar refractivity (Wildman–Crippen MR) is 69.1 cm³/mol. The van der Waals surface area contributed by atoms with Crippen molar-refractivity contribution >= 4 is 33.2 Å². The molecule has 2 heterocycles. The molecule has 0 aromatic carbocycles. The quantitative estimate of drug-likeness (QED) is 0.874. The molecule has 0 unspecified atom stereocenters. The molecule has 0 saturated carbocycles. The van der Waals surface area contributed by atoms with Crippen LogP contribution in [0.1, 0.15) is 21.7 Å². The molecule has 6 heteroatoms. The van der Waals surface area contributed by atoms with Crippen molar-refractivity contribution in [1.82, 2.24) is 10.1 Å². The molecule has 0 aliphatic rings. The molecule has 0 atom stereocenters. The summed E-state index contributed by atoms with van der Waals surface area (Å²) < 4.78 is 5.95. The van der Waals surface area contributed by atoms with E-state index in [9.17, 15) is 4.79 Å². The Hall–Kier alpha value is -1.14. The summed E-state index contributed by atoms with van der Waals surface area (Å²) in [6, 6.07) is 2.01. The van der Waals surface area contributed by atoms with Crippen LogP contribution < -0.4 is 0 Å². The van der Waals surface area contributed by atoms with Gasteiger partial charge in [0.25, 0.3) is 5.91 Å². The Kier molecular flexibility index (Phi) is 3.63. The summed E-state index contributed by atoms with van der Waals surface area (Å²) in [7, 11) is 1.76. The maximum absolute atomic E-state index is 12.1. The number of aryl methyl sites for hydroxylation is 1. The van der Waals surface area contributed by atoms with Gasteiger partial charge in [0, 0.05) is 13.6 Å². The monoisotopic (exact) mass is 314 g/mol. The zero-order chi connectivity index (χ0) is 12.4. The molecule has 1 amide bonds. The Morgan fingerprint density at radius 2 is 2.41 bits per heavy atom. The van der Waals surface area contributed by atoms with E-state index in [0.29, 0.717) is 17.9 Å². The highest BCUT2D eigenvalue weighted by atomic mass is 79.9. The second kappa shape index (κ2) is 5.01. The largest absolute Gasteiger partial charge is 0.361 e. The minimum absolute atomic E-state index is 0.0777. The van der Waals surface area contributed by atoms with Gasteiger partial charge in [-0.25, -0.2) is 0 Å². The van der Waals surface area contributed by atoms with Crippen LogP contribution in [0.4, 0.5) is 0 Å². The van der Waals surface area contributed by atoms with Crippen molar-refractivity contribution in [3.8, 4) is 0 Å². The van der Waals surface area contributed by atoms with E-state index in [1.807, 2.05) is 11.4 Å². The van der Waals surface area contributed by atoms with Crippen LogP contribution >= 0.6 is 27.3 Å². The fraction of sp³-hybridized carbons (Fsp3) is 0.273. The SMILES string of the molecule is Cc1oncc1C(=O)N(C)Cc1csc(Br)c1. The minimum Gasteiger partial charge on any atom is -0.361 e. The average Bonchev–Trinajstić information content (AvgIpc) is 2.86. The summed E-state index contributed by atoms with van der Waals surface area (Å²) in [6.45, 7) is 2.31. The van der Waals surface area contributed by atoms with E-state index < -0.39 is 0 Å². The van der Waals surface area contributed by atoms with Gasteiger partial charge in [-0.1, -0.05) is 5.16 Å². The lowest BCUT2D eigenvalue weighted by Crippen LogP contribution is -2.26. The number of halogens is 1. The van der Waals surface area contributed by atoms with Crippen molar-refractivity contribution in [2.24, 2.45) is 0 Å². The third kappa shape index (κ3) is 2.76. The summed E-state index contributed by atoms with van der Waals surface area (Å²) in [5, 5.41) is 5.63. The topological polar surface area (TPSA) is 46.3 Å². The molecule has 0 N–H and O–H groups in total. The number of carbonyl (C=O) groups excluding carboxylic acids is 1. The van der Waals surface area contributed by atoms with Crippen LogP contribution in [0.2, 0.25) is 0 Å². The molecule has 2 aromatic rings.